The molecular weight excluding hydrogens is 194 g/mol. The van der Waals surface area contributed by atoms with Gasteiger partial charge in [-0.3, -0.25) is 14.9 Å². The Labute approximate surface area is 87.7 Å². The summed E-state index contributed by atoms with van der Waals surface area (Å²) in [5, 5.41) is 19.8. The minimum atomic E-state index is -0.940. The Bertz CT molecular complexity index is 356. The van der Waals surface area contributed by atoms with Crippen LogP contribution in [0.4, 0.5) is 0 Å². The van der Waals surface area contributed by atoms with Crippen molar-refractivity contribution in [3.63, 3.8) is 0 Å². The van der Waals surface area contributed by atoms with Gasteiger partial charge in [-0.2, -0.15) is 10.5 Å². The van der Waals surface area contributed by atoms with Gasteiger partial charge in [0.2, 0.25) is 11.8 Å². The van der Waals surface area contributed by atoms with E-state index >= 15 is 0 Å². The molecule has 0 aromatic heterocycles. The lowest BCUT2D eigenvalue weighted by molar-refractivity contribution is -0.144. The summed E-state index contributed by atoms with van der Waals surface area (Å²) in [6, 6.07) is 3.73. The van der Waals surface area contributed by atoms with Gasteiger partial charge in [0.15, 0.2) is 0 Å². The first-order chi connectivity index (χ1) is 7.01. The van der Waals surface area contributed by atoms with Gasteiger partial charge < -0.3 is 0 Å². The SMILES string of the molecule is CCC1(C)[C@H](C#N)C(=O)NC(=O)[C@H]1C#N. The van der Waals surface area contributed by atoms with Crippen LogP contribution in [0.1, 0.15) is 20.3 Å². The van der Waals surface area contributed by atoms with Gasteiger partial charge in [0, 0.05) is 5.41 Å². The molecule has 1 saturated heterocycles. The van der Waals surface area contributed by atoms with E-state index in [0.29, 0.717) is 6.42 Å². The molecule has 5 nitrogen and oxygen atoms in total. The Morgan fingerprint density at radius 3 is 1.93 bits per heavy atom. The number of hydrogen-bond donors (Lipinski definition) is 1. The molecule has 0 aromatic carbocycles. The molecule has 0 aliphatic carbocycles. The lowest BCUT2D eigenvalue weighted by Crippen LogP contribution is -2.56. The van der Waals surface area contributed by atoms with Gasteiger partial charge in [0.05, 0.1) is 12.1 Å². The molecule has 5 heteroatoms. The molecule has 1 fully saturated rings. The lowest BCUT2D eigenvalue weighted by atomic mass is 9.64. The molecule has 1 N–H and O–H groups in total. The molecular formula is C10H11N3O2. The number of imide groups is 1. The fourth-order valence-corrected chi connectivity index (χ4v) is 1.85. The van der Waals surface area contributed by atoms with Crippen LogP contribution in [0.3, 0.4) is 0 Å². The molecule has 15 heavy (non-hydrogen) atoms. The third-order valence-corrected chi connectivity index (χ3v) is 3.11. The summed E-state index contributed by atoms with van der Waals surface area (Å²) in [6.07, 6.45) is 0.433. The molecule has 78 valence electrons. The summed E-state index contributed by atoms with van der Waals surface area (Å²) in [6.45, 7) is 3.39. The van der Waals surface area contributed by atoms with Crippen LogP contribution in [0.15, 0.2) is 0 Å². The van der Waals surface area contributed by atoms with Crippen molar-refractivity contribution in [3.8, 4) is 12.1 Å². The summed E-state index contributed by atoms with van der Waals surface area (Å²) >= 11 is 0. The van der Waals surface area contributed by atoms with E-state index in [4.69, 9.17) is 10.5 Å². The van der Waals surface area contributed by atoms with Crippen molar-refractivity contribution >= 4 is 11.8 Å². The van der Waals surface area contributed by atoms with Crippen LogP contribution in [0.25, 0.3) is 0 Å². The molecule has 2 amide bonds. The Morgan fingerprint density at radius 1 is 1.27 bits per heavy atom. The first-order valence-corrected chi connectivity index (χ1v) is 4.65. The van der Waals surface area contributed by atoms with Crippen LogP contribution in [0.2, 0.25) is 0 Å². The lowest BCUT2D eigenvalue weighted by Gasteiger charge is -2.38. The van der Waals surface area contributed by atoms with Gasteiger partial charge in [-0.25, -0.2) is 0 Å². The Balaban J connectivity index is 3.23. The summed E-state index contributed by atoms with van der Waals surface area (Å²) in [7, 11) is 0. The highest BCUT2D eigenvalue weighted by Gasteiger charge is 2.52. The highest BCUT2D eigenvalue weighted by Crippen LogP contribution is 2.41. The van der Waals surface area contributed by atoms with Crippen molar-refractivity contribution in [2.24, 2.45) is 17.3 Å². The maximum atomic E-state index is 11.4. The molecule has 0 unspecified atom stereocenters. The van der Waals surface area contributed by atoms with Crippen molar-refractivity contribution in [2.45, 2.75) is 20.3 Å². The molecule has 1 rings (SSSR count). The van der Waals surface area contributed by atoms with Crippen LogP contribution >= 0.6 is 0 Å². The van der Waals surface area contributed by atoms with E-state index in [-0.39, 0.29) is 0 Å². The van der Waals surface area contributed by atoms with E-state index in [1.807, 2.05) is 17.5 Å². The minimum absolute atomic E-state index is 0.433. The third kappa shape index (κ3) is 1.46. The first kappa shape index (κ1) is 11.2. The van der Waals surface area contributed by atoms with Crippen LogP contribution < -0.4 is 5.32 Å². The van der Waals surface area contributed by atoms with Crippen LogP contribution in [0, 0.1) is 39.9 Å². The van der Waals surface area contributed by atoms with Crippen molar-refractivity contribution in [2.75, 3.05) is 0 Å². The number of hydrogen-bond acceptors (Lipinski definition) is 4. The summed E-state index contributed by atoms with van der Waals surface area (Å²) in [5.41, 5.74) is -0.886. The Morgan fingerprint density at radius 2 is 1.67 bits per heavy atom. The fourth-order valence-electron chi connectivity index (χ4n) is 1.85. The maximum absolute atomic E-state index is 11.4. The van der Waals surface area contributed by atoms with E-state index in [0.717, 1.165) is 0 Å². The first-order valence-electron chi connectivity index (χ1n) is 4.65. The molecule has 1 heterocycles. The highest BCUT2D eigenvalue weighted by molar-refractivity contribution is 6.03. The van der Waals surface area contributed by atoms with Crippen LogP contribution in [-0.2, 0) is 9.59 Å². The minimum Gasteiger partial charge on any atom is -0.294 e. The van der Waals surface area contributed by atoms with Crippen molar-refractivity contribution < 1.29 is 9.59 Å². The quantitative estimate of drug-likeness (QED) is 0.624. The zero-order valence-corrected chi connectivity index (χ0v) is 8.57. The Kier molecular flexibility index (Phi) is 2.76. The molecule has 0 spiro atoms. The fraction of sp³-hybridized carbons (Fsp3) is 0.600. The number of piperidine rings is 1. The van der Waals surface area contributed by atoms with Gasteiger partial charge in [-0.1, -0.05) is 13.8 Å². The number of nitrogens with one attached hydrogen (secondary N) is 1. The second kappa shape index (κ2) is 3.70. The second-order valence-electron chi connectivity index (χ2n) is 3.84. The standard InChI is InChI=1S/C10H11N3O2/c1-3-10(2)6(4-11)8(14)13-9(15)7(10)5-12/h6-7H,3H2,1-2H3,(H,13,14,15)/t6-,7-/m1/s1. The van der Waals surface area contributed by atoms with Gasteiger partial charge in [0.1, 0.15) is 11.8 Å². The summed E-state index contributed by atoms with van der Waals surface area (Å²) in [5.74, 6) is -3.08. The van der Waals surface area contributed by atoms with Crippen LogP contribution in [0.5, 0.6) is 0 Å². The average molecular weight is 205 g/mol. The predicted octanol–water partition coefficient (Wildman–Crippen LogP) is 0.339. The molecule has 0 bridgehead atoms. The average Bonchev–Trinajstić information content (AvgIpc) is 2.18. The van der Waals surface area contributed by atoms with Crippen LogP contribution in [-0.4, -0.2) is 11.8 Å². The molecule has 0 radical (unpaired) electrons. The topological polar surface area (TPSA) is 93.8 Å². The second-order valence-corrected chi connectivity index (χ2v) is 3.84. The molecule has 1 aliphatic rings. The maximum Gasteiger partial charge on any atom is 0.244 e. The van der Waals surface area contributed by atoms with Gasteiger partial charge in [-0.05, 0) is 6.42 Å². The zero-order valence-electron chi connectivity index (χ0n) is 8.57. The summed E-state index contributed by atoms with van der Waals surface area (Å²) < 4.78 is 0. The highest BCUT2D eigenvalue weighted by atomic mass is 16.2. The smallest absolute Gasteiger partial charge is 0.244 e. The molecule has 0 aromatic rings. The summed E-state index contributed by atoms with van der Waals surface area (Å²) in [4.78, 5) is 22.8. The number of carbonyl (C=O) groups is 2. The van der Waals surface area contributed by atoms with E-state index in [9.17, 15) is 9.59 Å². The number of nitrogens with zero attached hydrogens (tertiary/aromatic N) is 2. The van der Waals surface area contributed by atoms with E-state index in [1.54, 1.807) is 13.8 Å². The number of rotatable bonds is 1. The van der Waals surface area contributed by atoms with Crippen molar-refractivity contribution in [3.05, 3.63) is 0 Å². The van der Waals surface area contributed by atoms with Gasteiger partial charge >= 0.3 is 0 Å². The number of carbonyl (C=O) groups excluding carboxylic acids is 2. The third-order valence-electron chi connectivity index (χ3n) is 3.11. The largest absolute Gasteiger partial charge is 0.294 e. The van der Waals surface area contributed by atoms with Gasteiger partial charge in [0.25, 0.3) is 0 Å². The van der Waals surface area contributed by atoms with Crippen molar-refractivity contribution in [1.82, 2.24) is 5.32 Å². The van der Waals surface area contributed by atoms with E-state index in [2.05, 4.69) is 0 Å². The zero-order chi connectivity index (χ0) is 11.6. The van der Waals surface area contributed by atoms with E-state index in [1.165, 1.54) is 0 Å². The van der Waals surface area contributed by atoms with E-state index < -0.39 is 29.1 Å². The molecule has 2 atom stereocenters. The van der Waals surface area contributed by atoms with Crippen molar-refractivity contribution in [1.29, 1.82) is 10.5 Å². The normalized spacial score (nSPS) is 28.8. The van der Waals surface area contributed by atoms with Gasteiger partial charge in [-0.15, -0.1) is 0 Å². The molecule has 0 saturated carbocycles. The number of nitriles is 2. The monoisotopic (exact) mass is 205 g/mol. The molecule has 1 aliphatic heterocycles. The number of amides is 2. The predicted molar refractivity (Wildman–Crippen MR) is 49.8 cm³/mol. The Hall–Kier alpha value is -1.88.